The van der Waals surface area contributed by atoms with Crippen LogP contribution in [0.5, 0.6) is 0 Å². The zero-order valence-corrected chi connectivity index (χ0v) is 19.4. The summed E-state index contributed by atoms with van der Waals surface area (Å²) in [6.07, 6.45) is 2.11. The summed E-state index contributed by atoms with van der Waals surface area (Å²) in [5, 5.41) is 5.41. The average molecular weight is 473 g/mol. The third-order valence-electron chi connectivity index (χ3n) is 5.52. The molecule has 1 aliphatic rings. The highest BCUT2D eigenvalue weighted by Crippen LogP contribution is 2.32. The van der Waals surface area contributed by atoms with E-state index in [1.54, 1.807) is 19.1 Å². The van der Waals surface area contributed by atoms with Gasteiger partial charge in [0.25, 0.3) is 5.91 Å². The summed E-state index contributed by atoms with van der Waals surface area (Å²) in [6, 6.07) is 11.9. The molecule has 3 rings (SSSR count). The second-order valence-electron chi connectivity index (χ2n) is 7.59. The molecule has 10 heteroatoms. The van der Waals surface area contributed by atoms with Crippen LogP contribution in [0.4, 0.5) is 14.9 Å². The molecule has 33 heavy (non-hydrogen) atoms. The minimum absolute atomic E-state index is 0.223. The van der Waals surface area contributed by atoms with E-state index >= 15 is 0 Å². The first-order chi connectivity index (χ1) is 15.7. The summed E-state index contributed by atoms with van der Waals surface area (Å²) in [5.41, 5.74) is -0.306. The van der Waals surface area contributed by atoms with Gasteiger partial charge in [-0.15, -0.1) is 11.8 Å². The molecular weight excluding hydrogens is 447 g/mol. The molecule has 8 nitrogen and oxygen atoms in total. The number of amides is 5. The van der Waals surface area contributed by atoms with E-state index in [0.29, 0.717) is 11.3 Å². The Bertz CT molecular complexity index is 1080. The molecule has 1 aliphatic heterocycles. The van der Waals surface area contributed by atoms with Gasteiger partial charge < -0.3 is 15.5 Å². The fourth-order valence-electron chi connectivity index (χ4n) is 3.64. The number of anilines is 1. The minimum atomic E-state index is -1.37. The normalized spacial score (nSPS) is 17.6. The highest BCUT2D eigenvalue weighted by Gasteiger charge is 2.51. The average Bonchev–Trinajstić information content (AvgIpc) is 3.04. The summed E-state index contributed by atoms with van der Waals surface area (Å²) in [5.74, 6) is -2.04. The van der Waals surface area contributed by atoms with Crippen LogP contribution >= 0.6 is 11.8 Å². The first-order valence-electron chi connectivity index (χ1n) is 10.3. The predicted octanol–water partition coefficient (Wildman–Crippen LogP) is 2.80. The van der Waals surface area contributed by atoms with Crippen molar-refractivity contribution >= 4 is 41.2 Å². The summed E-state index contributed by atoms with van der Waals surface area (Å²) >= 11 is 1.48. The first kappa shape index (κ1) is 24.2. The van der Waals surface area contributed by atoms with Crippen molar-refractivity contribution in [1.82, 2.24) is 15.1 Å². The van der Waals surface area contributed by atoms with Crippen LogP contribution in [0.25, 0.3) is 0 Å². The third kappa shape index (κ3) is 5.00. The van der Waals surface area contributed by atoms with Gasteiger partial charge in [0.2, 0.25) is 11.8 Å². The summed E-state index contributed by atoms with van der Waals surface area (Å²) in [6.45, 7) is 0.955. The van der Waals surface area contributed by atoms with E-state index in [-0.39, 0.29) is 13.0 Å². The molecule has 2 aromatic carbocycles. The van der Waals surface area contributed by atoms with Gasteiger partial charge >= 0.3 is 6.03 Å². The van der Waals surface area contributed by atoms with Crippen molar-refractivity contribution in [2.75, 3.05) is 31.7 Å². The minimum Gasteiger partial charge on any atom is -0.335 e. The molecule has 2 N–H and O–H groups in total. The number of halogens is 1. The van der Waals surface area contributed by atoms with Crippen molar-refractivity contribution in [2.24, 2.45) is 0 Å². The lowest BCUT2D eigenvalue weighted by Crippen LogP contribution is -2.46. The Morgan fingerprint density at radius 1 is 1.15 bits per heavy atom. The smallest absolute Gasteiger partial charge is 0.325 e. The van der Waals surface area contributed by atoms with E-state index in [2.05, 4.69) is 10.6 Å². The van der Waals surface area contributed by atoms with E-state index in [1.807, 2.05) is 18.4 Å². The number of benzene rings is 2. The standard InChI is InChI=1S/C23H25FN4O4S/c1-4-23(15-9-11-16(24)12-10-15)21(31)28(22(32)26-23)14-20(30)27(2)13-19(29)25-17-7-5-6-8-18(17)33-3/h5-12H,4,13-14H2,1-3H3,(H,25,29)(H,26,32)/t23-/m1/s1. The fraction of sp³-hybridized carbons (Fsp3) is 0.304. The Morgan fingerprint density at radius 3 is 2.45 bits per heavy atom. The topological polar surface area (TPSA) is 98.8 Å². The number of thioether (sulfide) groups is 1. The van der Waals surface area contributed by atoms with Crippen LogP contribution in [0.15, 0.2) is 53.4 Å². The molecule has 0 aromatic heterocycles. The number of hydrogen-bond acceptors (Lipinski definition) is 5. The third-order valence-corrected chi connectivity index (χ3v) is 6.32. The molecule has 174 valence electrons. The Kier molecular flexibility index (Phi) is 7.37. The number of carbonyl (C=O) groups is 4. The maximum Gasteiger partial charge on any atom is 0.325 e. The van der Waals surface area contributed by atoms with Crippen LogP contribution in [0.1, 0.15) is 18.9 Å². The molecule has 2 aromatic rings. The molecule has 1 saturated heterocycles. The number of urea groups is 1. The lowest BCUT2D eigenvalue weighted by molar-refractivity contribution is -0.139. The molecular formula is C23H25FN4O4S. The molecule has 0 bridgehead atoms. The van der Waals surface area contributed by atoms with Gasteiger partial charge in [-0.05, 0) is 42.5 Å². The fourth-order valence-corrected chi connectivity index (χ4v) is 4.19. The van der Waals surface area contributed by atoms with Crippen LogP contribution in [0.2, 0.25) is 0 Å². The van der Waals surface area contributed by atoms with Crippen LogP contribution in [0.3, 0.4) is 0 Å². The van der Waals surface area contributed by atoms with E-state index in [4.69, 9.17) is 0 Å². The van der Waals surface area contributed by atoms with Gasteiger partial charge in [0.15, 0.2) is 0 Å². The quantitative estimate of drug-likeness (QED) is 0.455. The number of nitrogens with one attached hydrogen (secondary N) is 2. The zero-order chi connectivity index (χ0) is 24.2. The van der Waals surface area contributed by atoms with Crippen LogP contribution < -0.4 is 10.6 Å². The number of rotatable bonds is 8. The van der Waals surface area contributed by atoms with Gasteiger partial charge in [-0.1, -0.05) is 31.2 Å². The Hall–Kier alpha value is -3.40. The highest BCUT2D eigenvalue weighted by atomic mass is 32.2. The number of nitrogens with zero attached hydrogens (tertiary/aromatic N) is 2. The largest absolute Gasteiger partial charge is 0.335 e. The number of carbonyl (C=O) groups excluding carboxylic acids is 4. The Labute approximate surface area is 195 Å². The molecule has 0 aliphatic carbocycles. The Balaban J connectivity index is 1.66. The van der Waals surface area contributed by atoms with E-state index in [0.717, 1.165) is 14.7 Å². The summed E-state index contributed by atoms with van der Waals surface area (Å²) in [7, 11) is 1.42. The lowest BCUT2D eigenvalue weighted by atomic mass is 9.87. The van der Waals surface area contributed by atoms with Gasteiger partial charge in [0.05, 0.1) is 12.2 Å². The molecule has 1 atom stereocenters. The van der Waals surface area contributed by atoms with Gasteiger partial charge in [-0.3, -0.25) is 19.3 Å². The van der Waals surface area contributed by atoms with Crippen molar-refractivity contribution in [3.63, 3.8) is 0 Å². The number of likely N-dealkylation sites (N-methyl/N-ethyl adjacent to an activating group) is 1. The molecule has 1 heterocycles. The highest BCUT2D eigenvalue weighted by molar-refractivity contribution is 7.98. The van der Waals surface area contributed by atoms with Gasteiger partial charge in [-0.2, -0.15) is 0 Å². The van der Waals surface area contributed by atoms with E-state index < -0.39 is 41.7 Å². The van der Waals surface area contributed by atoms with Crippen molar-refractivity contribution in [2.45, 2.75) is 23.8 Å². The number of hydrogen-bond donors (Lipinski definition) is 2. The Morgan fingerprint density at radius 2 is 1.82 bits per heavy atom. The van der Waals surface area contributed by atoms with Crippen molar-refractivity contribution in [1.29, 1.82) is 0 Å². The zero-order valence-electron chi connectivity index (χ0n) is 18.6. The van der Waals surface area contributed by atoms with Gasteiger partial charge in [0.1, 0.15) is 17.9 Å². The van der Waals surface area contributed by atoms with Gasteiger partial charge in [0, 0.05) is 11.9 Å². The van der Waals surface area contributed by atoms with Crippen LogP contribution in [-0.4, -0.2) is 59.9 Å². The second-order valence-corrected chi connectivity index (χ2v) is 8.43. The van der Waals surface area contributed by atoms with E-state index in [9.17, 15) is 23.6 Å². The SMILES string of the molecule is CC[C@]1(c2ccc(F)cc2)NC(=O)N(CC(=O)N(C)CC(=O)Nc2ccccc2SC)C1=O. The first-order valence-corrected chi connectivity index (χ1v) is 11.5. The van der Waals surface area contributed by atoms with Crippen LogP contribution in [-0.2, 0) is 19.9 Å². The monoisotopic (exact) mass is 472 g/mol. The predicted molar refractivity (Wildman–Crippen MR) is 123 cm³/mol. The van der Waals surface area contributed by atoms with E-state index in [1.165, 1.54) is 43.1 Å². The van der Waals surface area contributed by atoms with Crippen molar-refractivity contribution in [3.8, 4) is 0 Å². The van der Waals surface area contributed by atoms with Gasteiger partial charge in [-0.25, -0.2) is 9.18 Å². The van der Waals surface area contributed by atoms with Crippen LogP contribution in [0, 0.1) is 5.82 Å². The maximum atomic E-state index is 13.3. The molecule has 0 spiro atoms. The summed E-state index contributed by atoms with van der Waals surface area (Å²) < 4.78 is 13.3. The summed E-state index contributed by atoms with van der Waals surface area (Å²) in [4.78, 5) is 53.7. The molecule has 0 saturated carbocycles. The second kappa shape index (κ2) is 10.0. The molecule has 5 amide bonds. The number of para-hydroxylation sites is 1. The van der Waals surface area contributed by atoms with Crippen molar-refractivity contribution < 1.29 is 23.6 Å². The number of imide groups is 1. The molecule has 1 fully saturated rings. The molecule has 0 unspecified atom stereocenters. The lowest BCUT2D eigenvalue weighted by Gasteiger charge is -2.26. The molecule has 0 radical (unpaired) electrons. The maximum absolute atomic E-state index is 13.3. The van der Waals surface area contributed by atoms with Crippen molar-refractivity contribution in [3.05, 3.63) is 59.9 Å².